The zero-order valence-corrected chi connectivity index (χ0v) is 12.9. The SMILES string of the molecule is COC(=O)c1ccc(O)c2[nH]c(-c3ccc(Cl)cc3Cl)nc12. The first-order chi connectivity index (χ1) is 10.5. The van der Waals surface area contributed by atoms with Crippen molar-refractivity contribution in [3.8, 4) is 17.1 Å². The van der Waals surface area contributed by atoms with Gasteiger partial charge >= 0.3 is 5.97 Å². The van der Waals surface area contributed by atoms with Gasteiger partial charge in [0.25, 0.3) is 0 Å². The Kier molecular flexibility index (Phi) is 3.68. The molecule has 1 heterocycles. The predicted octanol–water partition coefficient (Wildman–Crippen LogP) is 4.03. The zero-order valence-electron chi connectivity index (χ0n) is 11.4. The molecule has 0 aliphatic heterocycles. The Morgan fingerprint density at radius 2 is 2.05 bits per heavy atom. The molecule has 0 amide bonds. The highest BCUT2D eigenvalue weighted by Crippen LogP contribution is 2.33. The zero-order chi connectivity index (χ0) is 15.9. The van der Waals surface area contributed by atoms with Gasteiger partial charge in [0.05, 0.1) is 17.7 Å². The fraction of sp³-hybridized carbons (Fsp3) is 0.0667. The van der Waals surface area contributed by atoms with Gasteiger partial charge in [0.2, 0.25) is 0 Å². The fourth-order valence-electron chi connectivity index (χ4n) is 2.16. The number of rotatable bonds is 2. The molecule has 22 heavy (non-hydrogen) atoms. The Morgan fingerprint density at radius 1 is 1.27 bits per heavy atom. The van der Waals surface area contributed by atoms with Crippen molar-refractivity contribution in [3.05, 3.63) is 45.9 Å². The van der Waals surface area contributed by atoms with E-state index >= 15 is 0 Å². The molecule has 0 aliphatic carbocycles. The van der Waals surface area contributed by atoms with Crippen molar-refractivity contribution in [3.63, 3.8) is 0 Å². The van der Waals surface area contributed by atoms with E-state index in [4.69, 9.17) is 27.9 Å². The molecule has 0 saturated carbocycles. The molecule has 0 spiro atoms. The van der Waals surface area contributed by atoms with Crippen molar-refractivity contribution < 1.29 is 14.6 Å². The number of nitrogens with zero attached hydrogens (tertiary/aromatic N) is 1. The summed E-state index contributed by atoms with van der Waals surface area (Å²) in [4.78, 5) is 19.1. The number of aromatic nitrogens is 2. The summed E-state index contributed by atoms with van der Waals surface area (Å²) in [7, 11) is 1.28. The number of carbonyl (C=O) groups is 1. The average Bonchev–Trinajstić information content (AvgIpc) is 2.92. The van der Waals surface area contributed by atoms with Crippen LogP contribution in [-0.4, -0.2) is 28.2 Å². The summed E-state index contributed by atoms with van der Waals surface area (Å²) in [6.07, 6.45) is 0. The molecule has 112 valence electrons. The second kappa shape index (κ2) is 5.51. The van der Waals surface area contributed by atoms with Crippen molar-refractivity contribution in [2.24, 2.45) is 0 Å². The minimum Gasteiger partial charge on any atom is -0.506 e. The predicted molar refractivity (Wildman–Crippen MR) is 84.6 cm³/mol. The van der Waals surface area contributed by atoms with E-state index in [1.54, 1.807) is 18.2 Å². The number of methoxy groups -OCH3 is 1. The third-order valence-electron chi connectivity index (χ3n) is 3.21. The van der Waals surface area contributed by atoms with Gasteiger partial charge in [-0.1, -0.05) is 23.2 Å². The van der Waals surface area contributed by atoms with Crippen LogP contribution in [0.2, 0.25) is 10.0 Å². The van der Waals surface area contributed by atoms with Crippen LogP contribution < -0.4 is 0 Å². The Hall–Kier alpha value is -2.24. The molecule has 3 rings (SSSR count). The third-order valence-corrected chi connectivity index (χ3v) is 3.76. The Bertz CT molecular complexity index is 890. The largest absolute Gasteiger partial charge is 0.506 e. The van der Waals surface area contributed by atoms with Gasteiger partial charge in [0.1, 0.15) is 22.6 Å². The number of aromatic hydroxyl groups is 1. The van der Waals surface area contributed by atoms with Crippen LogP contribution in [0, 0.1) is 0 Å². The first-order valence-electron chi connectivity index (χ1n) is 6.26. The lowest BCUT2D eigenvalue weighted by Gasteiger charge is -2.00. The van der Waals surface area contributed by atoms with Gasteiger partial charge < -0.3 is 14.8 Å². The number of halogens is 2. The van der Waals surface area contributed by atoms with Gasteiger partial charge in [-0.25, -0.2) is 9.78 Å². The fourth-order valence-corrected chi connectivity index (χ4v) is 2.66. The summed E-state index contributed by atoms with van der Waals surface area (Å²) < 4.78 is 4.72. The van der Waals surface area contributed by atoms with Gasteiger partial charge in [-0.2, -0.15) is 0 Å². The average molecular weight is 337 g/mol. The number of nitrogens with one attached hydrogen (secondary N) is 1. The minimum atomic E-state index is -0.537. The summed E-state index contributed by atoms with van der Waals surface area (Å²) in [5.74, 6) is -0.139. The van der Waals surface area contributed by atoms with Crippen molar-refractivity contribution in [1.29, 1.82) is 0 Å². The van der Waals surface area contributed by atoms with Crippen molar-refractivity contribution in [1.82, 2.24) is 9.97 Å². The van der Waals surface area contributed by atoms with Gasteiger partial charge in [-0.05, 0) is 30.3 Å². The number of hydrogen-bond donors (Lipinski definition) is 2. The number of esters is 1. The Labute approximate surface area is 135 Å². The molecule has 3 aromatic rings. The Morgan fingerprint density at radius 3 is 2.73 bits per heavy atom. The molecular weight excluding hydrogens is 327 g/mol. The number of aromatic amines is 1. The maximum absolute atomic E-state index is 11.8. The summed E-state index contributed by atoms with van der Waals surface area (Å²) >= 11 is 12.0. The molecule has 0 bridgehead atoms. The molecule has 0 aliphatic rings. The number of ether oxygens (including phenoxy) is 1. The van der Waals surface area contributed by atoms with Gasteiger partial charge in [-0.3, -0.25) is 0 Å². The van der Waals surface area contributed by atoms with E-state index in [0.717, 1.165) is 0 Å². The molecule has 2 N–H and O–H groups in total. The van der Waals surface area contributed by atoms with Gasteiger partial charge in [0, 0.05) is 10.6 Å². The van der Waals surface area contributed by atoms with Crippen LogP contribution in [0.25, 0.3) is 22.4 Å². The molecule has 0 atom stereocenters. The lowest BCUT2D eigenvalue weighted by Crippen LogP contribution is -2.01. The van der Waals surface area contributed by atoms with E-state index in [1.165, 1.54) is 19.2 Å². The monoisotopic (exact) mass is 336 g/mol. The summed E-state index contributed by atoms with van der Waals surface area (Å²) in [5, 5.41) is 10.9. The van der Waals surface area contributed by atoms with E-state index in [1.807, 2.05) is 0 Å². The first-order valence-corrected chi connectivity index (χ1v) is 7.02. The minimum absolute atomic E-state index is 0.0218. The molecule has 0 saturated heterocycles. The Balaban J connectivity index is 2.25. The molecule has 5 nitrogen and oxygen atoms in total. The second-order valence-electron chi connectivity index (χ2n) is 4.56. The third kappa shape index (κ3) is 2.38. The smallest absolute Gasteiger partial charge is 0.340 e. The van der Waals surface area contributed by atoms with Crippen LogP contribution in [0.5, 0.6) is 5.75 Å². The molecule has 0 fully saturated rings. The number of phenolic OH excluding ortho intramolecular Hbond substituents is 1. The number of H-pyrrole nitrogens is 1. The quantitative estimate of drug-likeness (QED) is 0.693. The van der Waals surface area contributed by atoms with Crippen LogP contribution >= 0.6 is 23.2 Å². The number of carbonyl (C=O) groups excluding carboxylic acids is 1. The maximum Gasteiger partial charge on any atom is 0.340 e. The lowest BCUT2D eigenvalue weighted by molar-refractivity contribution is 0.0603. The summed E-state index contributed by atoms with van der Waals surface area (Å²) in [5.41, 5.74) is 1.51. The van der Waals surface area contributed by atoms with Crippen LogP contribution in [0.3, 0.4) is 0 Å². The van der Waals surface area contributed by atoms with Crippen LogP contribution in [0.1, 0.15) is 10.4 Å². The molecular formula is C15H10Cl2N2O3. The van der Waals surface area contributed by atoms with Crippen LogP contribution in [0.15, 0.2) is 30.3 Å². The number of imidazole rings is 1. The van der Waals surface area contributed by atoms with E-state index in [-0.39, 0.29) is 11.3 Å². The molecule has 0 unspecified atom stereocenters. The highest BCUT2D eigenvalue weighted by Gasteiger charge is 2.18. The van der Waals surface area contributed by atoms with Crippen LogP contribution in [0.4, 0.5) is 0 Å². The van der Waals surface area contributed by atoms with E-state index in [2.05, 4.69) is 9.97 Å². The molecule has 0 radical (unpaired) electrons. The molecule has 2 aromatic carbocycles. The van der Waals surface area contributed by atoms with Crippen LogP contribution in [-0.2, 0) is 4.74 Å². The van der Waals surface area contributed by atoms with E-state index in [0.29, 0.717) is 32.5 Å². The highest BCUT2D eigenvalue weighted by molar-refractivity contribution is 6.36. The van der Waals surface area contributed by atoms with E-state index in [9.17, 15) is 9.90 Å². The van der Waals surface area contributed by atoms with Crippen molar-refractivity contribution in [2.75, 3.05) is 7.11 Å². The summed E-state index contributed by atoms with van der Waals surface area (Å²) in [6, 6.07) is 7.83. The van der Waals surface area contributed by atoms with Gasteiger partial charge in [0.15, 0.2) is 0 Å². The highest BCUT2D eigenvalue weighted by atomic mass is 35.5. The lowest BCUT2D eigenvalue weighted by atomic mass is 10.2. The van der Waals surface area contributed by atoms with Gasteiger partial charge in [-0.15, -0.1) is 0 Å². The second-order valence-corrected chi connectivity index (χ2v) is 5.40. The summed E-state index contributed by atoms with van der Waals surface area (Å²) in [6.45, 7) is 0. The van der Waals surface area contributed by atoms with Crippen molar-refractivity contribution >= 4 is 40.2 Å². The number of phenols is 1. The normalized spacial score (nSPS) is 10.9. The topological polar surface area (TPSA) is 75.2 Å². The number of fused-ring (bicyclic) bond motifs is 1. The molecule has 1 aromatic heterocycles. The number of hydrogen-bond acceptors (Lipinski definition) is 4. The molecule has 7 heteroatoms. The van der Waals surface area contributed by atoms with Crippen molar-refractivity contribution in [2.45, 2.75) is 0 Å². The number of benzene rings is 2. The maximum atomic E-state index is 11.8. The van der Waals surface area contributed by atoms with E-state index < -0.39 is 5.97 Å². The standard InChI is InChI=1S/C15H10Cl2N2O3/c1-22-15(21)9-4-5-11(20)13-12(9)18-14(19-13)8-3-2-7(16)6-10(8)17/h2-6,20H,1H3,(H,18,19). The first kappa shape index (κ1) is 14.7.